The average molecular weight is 353 g/mol. The fourth-order valence-corrected chi connectivity index (χ4v) is 2.47. The van der Waals surface area contributed by atoms with Gasteiger partial charge in [-0.3, -0.25) is 4.79 Å². The number of aromatic amines is 1. The molecule has 0 aliphatic heterocycles. The lowest BCUT2D eigenvalue weighted by Crippen LogP contribution is -2.30. The SMILES string of the molecule is COC(=O)c1cccc(OCC(=O)NCCc2nc3ccccc3[nH]2)c1. The van der Waals surface area contributed by atoms with Gasteiger partial charge in [0.2, 0.25) is 0 Å². The number of nitrogens with one attached hydrogen (secondary N) is 2. The number of methoxy groups -OCH3 is 1. The highest BCUT2D eigenvalue weighted by Gasteiger charge is 2.08. The summed E-state index contributed by atoms with van der Waals surface area (Å²) in [5.41, 5.74) is 2.25. The maximum absolute atomic E-state index is 11.9. The summed E-state index contributed by atoms with van der Waals surface area (Å²) < 4.78 is 10.1. The zero-order chi connectivity index (χ0) is 18.4. The second kappa shape index (κ2) is 8.15. The van der Waals surface area contributed by atoms with E-state index < -0.39 is 5.97 Å². The summed E-state index contributed by atoms with van der Waals surface area (Å²) in [6.45, 7) is 0.314. The van der Waals surface area contributed by atoms with Gasteiger partial charge >= 0.3 is 5.97 Å². The van der Waals surface area contributed by atoms with Crippen molar-refractivity contribution in [2.24, 2.45) is 0 Å². The third-order valence-electron chi connectivity index (χ3n) is 3.75. The lowest BCUT2D eigenvalue weighted by atomic mass is 10.2. The monoisotopic (exact) mass is 353 g/mol. The zero-order valence-corrected chi connectivity index (χ0v) is 14.3. The van der Waals surface area contributed by atoms with Gasteiger partial charge in [-0.2, -0.15) is 0 Å². The zero-order valence-electron chi connectivity index (χ0n) is 14.3. The number of H-pyrrole nitrogens is 1. The smallest absolute Gasteiger partial charge is 0.337 e. The minimum Gasteiger partial charge on any atom is -0.484 e. The Bertz CT molecular complexity index is 887. The summed E-state index contributed by atoms with van der Waals surface area (Å²) in [5, 5.41) is 2.78. The van der Waals surface area contributed by atoms with E-state index >= 15 is 0 Å². The van der Waals surface area contributed by atoms with Crippen LogP contribution in [0.5, 0.6) is 5.75 Å². The van der Waals surface area contributed by atoms with Gasteiger partial charge in [-0.05, 0) is 30.3 Å². The van der Waals surface area contributed by atoms with E-state index in [-0.39, 0.29) is 12.5 Å². The molecular weight excluding hydrogens is 334 g/mol. The average Bonchev–Trinajstić information content (AvgIpc) is 3.08. The van der Waals surface area contributed by atoms with Crippen molar-refractivity contribution in [2.45, 2.75) is 6.42 Å². The molecule has 0 aliphatic rings. The lowest BCUT2D eigenvalue weighted by Gasteiger charge is -2.08. The molecule has 3 rings (SSSR count). The number of benzene rings is 2. The minimum absolute atomic E-state index is 0.134. The number of imidazole rings is 1. The molecule has 0 spiro atoms. The molecule has 0 aliphatic carbocycles. The second-order valence-electron chi connectivity index (χ2n) is 5.61. The Hall–Kier alpha value is -3.35. The molecule has 7 heteroatoms. The Balaban J connectivity index is 1.45. The van der Waals surface area contributed by atoms with Crippen LogP contribution in [0.25, 0.3) is 11.0 Å². The molecule has 7 nitrogen and oxygen atoms in total. The van der Waals surface area contributed by atoms with E-state index in [4.69, 9.17) is 4.74 Å². The number of hydrogen-bond acceptors (Lipinski definition) is 5. The first kappa shape index (κ1) is 17.5. The Morgan fingerprint density at radius 2 is 2.00 bits per heavy atom. The predicted molar refractivity (Wildman–Crippen MR) is 96.1 cm³/mol. The molecule has 1 heterocycles. The van der Waals surface area contributed by atoms with Crippen molar-refractivity contribution in [1.82, 2.24) is 15.3 Å². The molecule has 0 unspecified atom stereocenters. The number of aromatic nitrogens is 2. The van der Waals surface area contributed by atoms with Gasteiger partial charge in [0.15, 0.2) is 6.61 Å². The molecule has 0 saturated heterocycles. The topological polar surface area (TPSA) is 93.3 Å². The number of carbonyl (C=O) groups excluding carboxylic acids is 2. The van der Waals surface area contributed by atoms with Crippen LogP contribution >= 0.6 is 0 Å². The summed E-state index contributed by atoms with van der Waals surface area (Å²) in [5.74, 6) is 0.550. The molecule has 1 aromatic heterocycles. The van der Waals surface area contributed by atoms with Crippen LogP contribution in [-0.4, -0.2) is 42.1 Å². The van der Waals surface area contributed by atoms with E-state index in [1.54, 1.807) is 18.2 Å². The van der Waals surface area contributed by atoms with Crippen molar-refractivity contribution < 1.29 is 19.1 Å². The van der Waals surface area contributed by atoms with Crippen LogP contribution in [-0.2, 0) is 16.0 Å². The maximum Gasteiger partial charge on any atom is 0.337 e. The van der Waals surface area contributed by atoms with E-state index in [2.05, 4.69) is 20.0 Å². The first-order chi connectivity index (χ1) is 12.7. The third-order valence-corrected chi connectivity index (χ3v) is 3.75. The number of nitrogens with zero attached hydrogens (tertiary/aromatic N) is 1. The van der Waals surface area contributed by atoms with Crippen LogP contribution in [0.3, 0.4) is 0 Å². The molecule has 3 aromatic rings. The number of hydrogen-bond donors (Lipinski definition) is 2. The van der Waals surface area contributed by atoms with E-state index in [0.29, 0.717) is 24.3 Å². The molecule has 1 amide bonds. The number of para-hydroxylation sites is 2. The fraction of sp³-hybridized carbons (Fsp3) is 0.211. The van der Waals surface area contributed by atoms with Crippen LogP contribution in [0.4, 0.5) is 0 Å². The van der Waals surface area contributed by atoms with Crippen molar-refractivity contribution in [1.29, 1.82) is 0 Å². The van der Waals surface area contributed by atoms with Crippen molar-refractivity contribution in [3.8, 4) is 5.75 Å². The van der Waals surface area contributed by atoms with Crippen molar-refractivity contribution in [3.05, 3.63) is 59.9 Å². The number of esters is 1. The number of ether oxygens (including phenoxy) is 2. The molecule has 0 bridgehead atoms. The maximum atomic E-state index is 11.9. The molecule has 0 radical (unpaired) electrons. The van der Waals surface area contributed by atoms with E-state index in [1.165, 1.54) is 13.2 Å². The largest absolute Gasteiger partial charge is 0.484 e. The van der Waals surface area contributed by atoms with E-state index in [0.717, 1.165) is 16.9 Å². The lowest BCUT2D eigenvalue weighted by molar-refractivity contribution is -0.123. The predicted octanol–water partition coefficient (Wildman–Crippen LogP) is 2.09. The molecule has 2 N–H and O–H groups in total. The van der Waals surface area contributed by atoms with Crippen LogP contribution in [0.1, 0.15) is 16.2 Å². The number of carbonyl (C=O) groups is 2. The van der Waals surface area contributed by atoms with Crippen molar-refractivity contribution in [3.63, 3.8) is 0 Å². The van der Waals surface area contributed by atoms with Crippen LogP contribution in [0, 0.1) is 0 Å². The quantitative estimate of drug-likeness (QED) is 0.635. The van der Waals surface area contributed by atoms with Gasteiger partial charge in [0.05, 0.1) is 23.7 Å². The highest BCUT2D eigenvalue weighted by atomic mass is 16.5. The molecular formula is C19H19N3O4. The van der Waals surface area contributed by atoms with E-state index in [1.807, 2.05) is 24.3 Å². The standard InChI is InChI=1S/C19H19N3O4/c1-25-19(24)13-5-4-6-14(11-13)26-12-18(23)20-10-9-17-21-15-7-2-3-8-16(15)22-17/h2-8,11H,9-10,12H2,1H3,(H,20,23)(H,21,22). The summed E-state index contributed by atoms with van der Waals surface area (Å²) >= 11 is 0. The first-order valence-corrected chi connectivity index (χ1v) is 8.17. The number of fused-ring (bicyclic) bond motifs is 1. The fourth-order valence-electron chi connectivity index (χ4n) is 2.47. The van der Waals surface area contributed by atoms with Gasteiger partial charge in [0, 0.05) is 13.0 Å². The molecule has 134 valence electrons. The highest BCUT2D eigenvalue weighted by molar-refractivity contribution is 5.89. The Kier molecular flexibility index (Phi) is 5.48. The molecule has 2 aromatic carbocycles. The summed E-state index contributed by atoms with van der Waals surface area (Å²) in [7, 11) is 1.31. The summed E-state index contributed by atoms with van der Waals surface area (Å²) in [6, 6.07) is 14.3. The third kappa shape index (κ3) is 4.38. The van der Waals surface area contributed by atoms with Crippen LogP contribution in [0.2, 0.25) is 0 Å². The van der Waals surface area contributed by atoms with Gasteiger partial charge in [-0.15, -0.1) is 0 Å². The van der Waals surface area contributed by atoms with Crippen molar-refractivity contribution >= 4 is 22.9 Å². The molecule has 26 heavy (non-hydrogen) atoms. The minimum atomic E-state index is -0.453. The Morgan fingerprint density at radius 3 is 2.81 bits per heavy atom. The van der Waals surface area contributed by atoms with E-state index in [9.17, 15) is 9.59 Å². The first-order valence-electron chi connectivity index (χ1n) is 8.17. The number of amides is 1. The Labute approximate surface area is 150 Å². The summed E-state index contributed by atoms with van der Waals surface area (Å²) in [4.78, 5) is 31.0. The second-order valence-corrected chi connectivity index (χ2v) is 5.61. The normalized spacial score (nSPS) is 10.5. The highest BCUT2D eigenvalue weighted by Crippen LogP contribution is 2.14. The van der Waals surface area contributed by atoms with Crippen LogP contribution < -0.4 is 10.1 Å². The van der Waals surface area contributed by atoms with Gasteiger partial charge in [-0.25, -0.2) is 9.78 Å². The molecule has 0 atom stereocenters. The van der Waals surface area contributed by atoms with Gasteiger partial charge in [0.25, 0.3) is 5.91 Å². The van der Waals surface area contributed by atoms with Gasteiger partial charge in [-0.1, -0.05) is 18.2 Å². The van der Waals surface area contributed by atoms with Gasteiger partial charge in [0.1, 0.15) is 11.6 Å². The molecule has 0 saturated carbocycles. The Morgan fingerprint density at radius 1 is 1.15 bits per heavy atom. The summed E-state index contributed by atoms with van der Waals surface area (Å²) in [6.07, 6.45) is 0.595. The van der Waals surface area contributed by atoms with Crippen molar-refractivity contribution in [2.75, 3.05) is 20.3 Å². The number of rotatable bonds is 7. The van der Waals surface area contributed by atoms with Crippen LogP contribution in [0.15, 0.2) is 48.5 Å². The van der Waals surface area contributed by atoms with Gasteiger partial charge < -0.3 is 19.8 Å². The molecule has 0 fully saturated rings.